The van der Waals surface area contributed by atoms with Crippen molar-refractivity contribution in [2.45, 2.75) is 58.2 Å². The smallest absolute Gasteiger partial charge is 0.261 e. The lowest BCUT2D eigenvalue weighted by Gasteiger charge is -2.32. The Kier molecular flexibility index (Phi) is 9.26. The van der Waals surface area contributed by atoms with Gasteiger partial charge in [0.25, 0.3) is 11.8 Å². The predicted molar refractivity (Wildman–Crippen MR) is 150 cm³/mol. The van der Waals surface area contributed by atoms with Crippen LogP contribution in [0, 0.1) is 0 Å². The molecular weight excluding hydrogens is 490 g/mol. The summed E-state index contributed by atoms with van der Waals surface area (Å²) in [6, 6.07) is 25.3. The van der Waals surface area contributed by atoms with E-state index in [9.17, 15) is 19.2 Å². The van der Waals surface area contributed by atoms with Crippen molar-refractivity contribution in [1.29, 1.82) is 0 Å². The summed E-state index contributed by atoms with van der Waals surface area (Å²) in [5, 5.41) is 3.06. The van der Waals surface area contributed by atoms with Crippen LogP contribution >= 0.6 is 0 Å². The molecule has 2 unspecified atom stereocenters. The number of carbonyl (C=O) groups is 4. The highest BCUT2D eigenvalue weighted by Crippen LogP contribution is 2.23. The van der Waals surface area contributed by atoms with Crippen molar-refractivity contribution in [1.82, 2.24) is 15.1 Å². The van der Waals surface area contributed by atoms with Crippen LogP contribution in [0.3, 0.4) is 0 Å². The Labute approximate surface area is 229 Å². The van der Waals surface area contributed by atoms with Gasteiger partial charge in [0.15, 0.2) is 0 Å². The van der Waals surface area contributed by atoms with Crippen LogP contribution in [0.25, 0.3) is 0 Å². The summed E-state index contributed by atoms with van der Waals surface area (Å²) in [5.74, 6) is -1.06. The molecule has 39 heavy (non-hydrogen) atoms. The molecule has 1 aliphatic rings. The van der Waals surface area contributed by atoms with Crippen LogP contribution in [-0.4, -0.2) is 52.1 Å². The third-order valence-electron chi connectivity index (χ3n) is 7.12. The van der Waals surface area contributed by atoms with Crippen molar-refractivity contribution < 1.29 is 19.2 Å². The zero-order valence-electron chi connectivity index (χ0n) is 22.5. The van der Waals surface area contributed by atoms with Crippen LogP contribution in [0.4, 0.5) is 0 Å². The van der Waals surface area contributed by atoms with E-state index in [4.69, 9.17) is 0 Å². The first-order valence-corrected chi connectivity index (χ1v) is 13.5. The van der Waals surface area contributed by atoms with Crippen molar-refractivity contribution in [2.24, 2.45) is 0 Å². The van der Waals surface area contributed by atoms with Crippen molar-refractivity contribution in [2.75, 3.05) is 6.54 Å². The average Bonchev–Trinajstić information content (AvgIpc) is 3.20. The first-order valence-electron chi connectivity index (χ1n) is 13.5. The van der Waals surface area contributed by atoms with Gasteiger partial charge in [-0.15, -0.1) is 0 Å². The number of fused-ring (bicyclic) bond motifs is 1. The molecule has 7 nitrogen and oxygen atoms in total. The third-order valence-corrected chi connectivity index (χ3v) is 7.12. The maximum absolute atomic E-state index is 13.8. The molecule has 1 heterocycles. The summed E-state index contributed by atoms with van der Waals surface area (Å²) in [4.78, 5) is 55.6. The molecule has 7 heteroatoms. The van der Waals surface area contributed by atoms with Gasteiger partial charge in [0.1, 0.15) is 6.04 Å². The highest BCUT2D eigenvalue weighted by molar-refractivity contribution is 6.21. The van der Waals surface area contributed by atoms with Gasteiger partial charge in [0, 0.05) is 32.0 Å². The van der Waals surface area contributed by atoms with Crippen LogP contribution in [0.5, 0.6) is 0 Å². The number of amides is 4. The van der Waals surface area contributed by atoms with Crippen LogP contribution in [0.1, 0.15) is 65.0 Å². The molecule has 3 aromatic rings. The minimum absolute atomic E-state index is 0.0294. The fourth-order valence-corrected chi connectivity index (χ4v) is 4.75. The van der Waals surface area contributed by atoms with E-state index in [2.05, 4.69) is 5.32 Å². The standard InChI is InChI=1S/C32H35N3O4/c1-3-23(2)33-30(37)28(21-24-13-6-4-7-14-24)35(22-25-15-8-5-9-16-25)29(36)19-12-20-34-31(38)26-17-10-11-18-27(26)32(34)39/h4-11,13-18,23,28H,3,12,19-22H2,1-2H3,(H,33,37). The lowest BCUT2D eigenvalue weighted by atomic mass is 10.0. The molecule has 0 radical (unpaired) electrons. The predicted octanol–water partition coefficient (Wildman–Crippen LogP) is 4.62. The Bertz CT molecular complexity index is 1270. The van der Waals surface area contributed by atoms with E-state index in [0.717, 1.165) is 17.5 Å². The van der Waals surface area contributed by atoms with Crippen molar-refractivity contribution >= 4 is 23.6 Å². The minimum Gasteiger partial charge on any atom is -0.352 e. The van der Waals surface area contributed by atoms with Gasteiger partial charge in [0.05, 0.1) is 11.1 Å². The number of rotatable bonds is 12. The Balaban J connectivity index is 1.53. The van der Waals surface area contributed by atoms with Gasteiger partial charge in [-0.1, -0.05) is 79.7 Å². The molecule has 0 saturated heterocycles. The Morgan fingerprint density at radius 3 is 1.92 bits per heavy atom. The van der Waals surface area contributed by atoms with Crippen molar-refractivity contribution in [3.05, 3.63) is 107 Å². The molecule has 4 amide bonds. The van der Waals surface area contributed by atoms with Gasteiger partial charge >= 0.3 is 0 Å². The Morgan fingerprint density at radius 2 is 1.36 bits per heavy atom. The lowest BCUT2D eigenvalue weighted by Crippen LogP contribution is -2.52. The molecule has 0 aromatic heterocycles. The van der Waals surface area contributed by atoms with Gasteiger partial charge < -0.3 is 10.2 Å². The van der Waals surface area contributed by atoms with E-state index in [-0.39, 0.29) is 49.2 Å². The second-order valence-electron chi connectivity index (χ2n) is 9.94. The largest absolute Gasteiger partial charge is 0.352 e. The van der Waals surface area contributed by atoms with Crippen molar-refractivity contribution in [3.8, 4) is 0 Å². The highest BCUT2D eigenvalue weighted by atomic mass is 16.2. The molecule has 202 valence electrons. The van der Waals surface area contributed by atoms with Crippen LogP contribution in [-0.2, 0) is 22.6 Å². The Morgan fingerprint density at radius 1 is 0.821 bits per heavy atom. The number of carbonyl (C=O) groups excluding carboxylic acids is 4. The fraction of sp³-hybridized carbons (Fsp3) is 0.312. The zero-order valence-corrected chi connectivity index (χ0v) is 22.5. The maximum atomic E-state index is 13.8. The van der Waals surface area contributed by atoms with Crippen LogP contribution < -0.4 is 5.32 Å². The van der Waals surface area contributed by atoms with Gasteiger partial charge in [-0.3, -0.25) is 24.1 Å². The first-order chi connectivity index (χ1) is 18.9. The van der Waals surface area contributed by atoms with E-state index >= 15 is 0 Å². The van der Waals surface area contributed by atoms with E-state index in [0.29, 0.717) is 24.0 Å². The third kappa shape index (κ3) is 6.79. The maximum Gasteiger partial charge on any atom is 0.261 e. The Hall–Kier alpha value is -4.26. The molecule has 4 rings (SSSR count). The summed E-state index contributed by atoms with van der Waals surface area (Å²) in [5.41, 5.74) is 2.66. The summed E-state index contributed by atoms with van der Waals surface area (Å²) in [7, 11) is 0. The number of hydrogen-bond donors (Lipinski definition) is 1. The quantitative estimate of drug-likeness (QED) is 0.350. The lowest BCUT2D eigenvalue weighted by molar-refractivity contribution is -0.141. The molecule has 0 saturated carbocycles. The molecular formula is C32H35N3O4. The summed E-state index contributed by atoms with van der Waals surface area (Å²) in [6.07, 6.45) is 1.56. The second kappa shape index (κ2) is 13.0. The van der Waals surface area contributed by atoms with Crippen molar-refractivity contribution in [3.63, 3.8) is 0 Å². The number of nitrogens with zero attached hydrogens (tertiary/aromatic N) is 2. The van der Waals surface area contributed by atoms with Gasteiger partial charge in [-0.25, -0.2) is 0 Å². The molecule has 1 aliphatic heterocycles. The number of imide groups is 1. The molecule has 1 N–H and O–H groups in total. The zero-order chi connectivity index (χ0) is 27.8. The summed E-state index contributed by atoms with van der Waals surface area (Å²) >= 11 is 0. The topological polar surface area (TPSA) is 86.8 Å². The molecule has 0 bridgehead atoms. The van der Waals surface area contributed by atoms with Crippen LogP contribution in [0.2, 0.25) is 0 Å². The van der Waals surface area contributed by atoms with E-state index < -0.39 is 6.04 Å². The van der Waals surface area contributed by atoms with E-state index in [1.807, 2.05) is 74.5 Å². The molecule has 3 aromatic carbocycles. The SMILES string of the molecule is CCC(C)NC(=O)C(Cc1ccccc1)N(Cc1ccccc1)C(=O)CCCN1C(=O)c2ccccc2C1=O. The minimum atomic E-state index is -0.714. The highest BCUT2D eigenvalue weighted by Gasteiger charge is 2.35. The average molecular weight is 526 g/mol. The molecule has 0 aliphatic carbocycles. The van der Waals surface area contributed by atoms with Gasteiger partial charge in [-0.05, 0) is 43.0 Å². The fourth-order valence-electron chi connectivity index (χ4n) is 4.75. The summed E-state index contributed by atoms with van der Waals surface area (Å²) < 4.78 is 0. The first kappa shape index (κ1) is 27.8. The van der Waals surface area contributed by atoms with Gasteiger partial charge in [-0.2, -0.15) is 0 Å². The van der Waals surface area contributed by atoms with Gasteiger partial charge in [0.2, 0.25) is 11.8 Å². The van der Waals surface area contributed by atoms with E-state index in [1.165, 1.54) is 4.90 Å². The molecule has 0 spiro atoms. The van der Waals surface area contributed by atoms with Crippen LogP contribution in [0.15, 0.2) is 84.9 Å². The number of nitrogens with one attached hydrogen (secondary N) is 1. The monoisotopic (exact) mass is 525 g/mol. The second-order valence-corrected chi connectivity index (χ2v) is 9.94. The molecule has 2 atom stereocenters. The van der Waals surface area contributed by atoms with E-state index in [1.54, 1.807) is 29.2 Å². The molecule has 0 fully saturated rings. The normalized spacial score (nSPS) is 14.1. The summed E-state index contributed by atoms with van der Waals surface area (Å²) in [6.45, 7) is 4.37. The number of hydrogen-bond acceptors (Lipinski definition) is 4. The number of benzene rings is 3.